The molecule has 0 saturated heterocycles. The number of nitrogens with two attached hydrogens (primary N) is 2. The quantitative estimate of drug-likeness (QED) is 0.578. The van der Waals surface area contributed by atoms with Crippen LogP contribution in [0.3, 0.4) is 0 Å². The topological polar surface area (TPSA) is 106 Å². The van der Waals surface area contributed by atoms with Crippen LogP contribution in [0, 0.1) is 6.92 Å². The van der Waals surface area contributed by atoms with Crippen molar-refractivity contribution >= 4 is 42.3 Å². The van der Waals surface area contributed by atoms with Crippen LogP contribution in [-0.4, -0.2) is 23.4 Å². The molecule has 0 unspecified atom stereocenters. The van der Waals surface area contributed by atoms with Gasteiger partial charge < -0.3 is 16.6 Å². The number of Topliss-reactive ketones (excluding diaryl/α,β-unsaturated/α-hetero) is 1. The summed E-state index contributed by atoms with van der Waals surface area (Å²) < 4.78 is 0. The number of halogens is 2. The van der Waals surface area contributed by atoms with E-state index in [0.717, 1.165) is 0 Å². The lowest BCUT2D eigenvalue weighted by molar-refractivity contribution is 0.0695. The van der Waals surface area contributed by atoms with Crippen molar-refractivity contribution in [3.8, 4) is 0 Å². The second-order valence-electron chi connectivity index (χ2n) is 3.47. The molecule has 102 valence electrons. The molecule has 1 rings (SSSR count). The van der Waals surface area contributed by atoms with Crippen molar-refractivity contribution in [2.45, 2.75) is 13.3 Å². The summed E-state index contributed by atoms with van der Waals surface area (Å²) in [6.45, 7) is 1.83. The minimum atomic E-state index is -1.05. The normalized spacial score (nSPS) is 9.00. The van der Waals surface area contributed by atoms with Crippen molar-refractivity contribution < 1.29 is 14.7 Å². The zero-order valence-corrected chi connectivity index (χ0v) is 11.4. The molecular formula is C11H16Cl2N2O3. The van der Waals surface area contributed by atoms with Gasteiger partial charge in [0.05, 0.1) is 5.56 Å². The Morgan fingerprint density at radius 1 is 1.22 bits per heavy atom. The predicted octanol–water partition coefficient (Wildman–Crippen LogP) is 1.65. The molecule has 18 heavy (non-hydrogen) atoms. The zero-order valence-electron chi connectivity index (χ0n) is 9.80. The van der Waals surface area contributed by atoms with Gasteiger partial charge in [-0.25, -0.2) is 4.79 Å². The molecule has 0 aliphatic carbocycles. The Bertz CT molecular complexity index is 450. The number of hydrogen-bond donors (Lipinski definition) is 3. The fourth-order valence-electron chi connectivity index (χ4n) is 1.47. The van der Waals surface area contributed by atoms with Crippen molar-refractivity contribution in [2.24, 2.45) is 5.73 Å². The Kier molecular flexibility index (Phi) is 8.38. The molecule has 0 aliphatic heterocycles. The predicted molar refractivity (Wildman–Crippen MR) is 75.0 cm³/mol. The van der Waals surface area contributed by atoms with Gasteiger partial charge in [0.15, 0.2) is 5.78 Å². The maximum atomic E-state index is 11.6. The van der Waals surface area contributed by atoms with E-state index in [9.17, 15) is 9.59 Å². The summed E-state index contributed by atoms with van der Waals surface area (Å²) in [6, 6.07) is 2.82. The number of benzene rings is 1. The van der Waals surface area contributed by atoms with Gasteiger partial charge in [-0.15, -0.1) is 24.8 Å². The number of hydrogen-bond acceptors (Lipinski definition) is 4. The molecule has 5 N–H and O–H groups in total. The summed E-state index contributed by atoms with van der Waals surface area (Å²) in [5, 5.41) is 8.86. The smallest absolute Gasteiger partial charge is 0.336 e. The number of carbonyl (C=O) groups excluding carboxylic acids is 1. The number of rotatable bonds is 4. The van der Waals surface area contributed by atoms with Crippen LogP contribution < -0.4 is 11.5 Å². The summed E-state index contributed by atoms with van der Waals surface area (Å²) in [7, 11) is 0. The van der Waals surface area contributed by atoms with E-state index in [-0.39, 0.29) is 54.8 Å². The highest BCUT2D eigenvalue weighted by molar-refractivity contribution is 6.03. The molecule has 5 nitrogen and oxygen atoms in total. The standard InChI is InChI=1S/C11H14N2O3.2ClH/c1-6-7(11(15)16)2-3-8(10(6)13)9(14)4-5-12;;/h2-3H,4-5,12-13H2,1H3,(H,15,16);2*1H. The molecule has 7 heteroatoms. The van der Waals surface area contributed by atoms with Gasteiger partial charge in [0, 0.05) is 17.7 Å². The van der Waals surface area contributed by atoms with Gasteiger partial charge in [0.1, 0.15) is 0 Å². The number of anilines is 1. The van der Waals surface area contributed by atoms with Crippen molar-refractivity contribution in [2.75, 3.05) is 12.3 Å². The van der Waals surface area contributed by atoms with Gasteiger partial charge in [-0.1, -0.05) is 0 Å². The fourth-order valence-corrected chi connectivity index (χ4v) is 1.47. The van der Waals surface area contributed by atoms with Crippen LogP contribution in [0.2, 0.25) is 0 Å². The molecule has 0 saturated carbocycles. The largest absolute Gasteiger partial charge is 0.478 e. The summed E-state index contributed by atoms with van der Waals surface area (Å²) in [5.74, 6) is -1.22. The maximum absolute atomic E-state index is 11.6. The second kappa shape index (κ2) is 7.92. The molecule has 0 radical (unpaired) electrons. The molecule has 1 aromatic rings. The molecule has 1 aromatic carbocycles. The molecule has 0 atom stereocenters. The highest BCUT2D eigenvalue weighted by Gasteiger charge is 2.15. The number of nitrogen functional groups attached to an aromatic ring is 1. The van der Waals surface area contributed by atoms with Gasteiger partial charge in [-0.2, -0.15) is 0 Å². The first-order valence-corrected chi connectivity index (χ1v) is 4.84. The number of aromatic carboxylic acids is 1. The molecule has 0 aliphatic rings. The summed E-state index contributed by atoms with van der Waals surface area (Å²) in [6.07, 6.45) is 0.204. The number of carboxylic acids is 1. The van der Waals surface area contributed by atoms with Crippen LogP contribution in [0.4, 0.5) is 5.69 Å². The summed E-state index contributed by atoms with van der Waals surface area (Å²) in [5.41, 5.74) is 12.1. The van der Waals surface area contributed by atoms with E-state index in [2.05, 4.69) is 0 Å². The molecule has 0 bridgehead atoms. The second-order valence-corrected chi connectivity index (χ2v) is 3.47. The lowest BCUT2D eigenvalue weighted by atomic mass is 9.98. The highest BCUT2D eigenvalue weighted by Crippen LogP contribution is 2.22. The molecule has 0 aromatic heterocycles. The van der Waals surface area contributed by atoms with Gasteiger partial charge >= 0.3 is 5.97 Å². The minimum absolute atomic E-state index is 0. The average Bonchev–Trinajstić information content (AvgIpc) is 2.21. The van der Waals surface area contributed by atoms with E-state index < -0.39 is 5.97 Å². The van der Waals surface area contributed by atoms with Gasteiger partial charge in [0.2, 0.25) is 0 Å². The van der Waals surface area contributed by atoms with E-state index in [1.54, 1.807) is 6.92 Å². The fraction of sp³-hybridized carbons (Fsp3) is 0.273. The SMILES string of the molecule is Cc1c(C(=O)O)ccc(C(=O)CCN)c1N.Cl.Cl. The monoisotopic (exact) mass is 294 g/mol. The number of carbonyl (C=O) groups is 2. The Morgan fingerprint density at radius 3 is 2.17 bits per heavy atom. The van der Waals surface area contributed by atoms with Crippen molar-refractivity contribution in [3.05, 3.63) is 28.8 Å². The summed E-state index contributed by atoms with van der Waals surface area (Å²) in [4.78, 5) is 22.4. The first-order chi connectivity index (χ1) is 7.49. The number of carboxylic acid groups (broad SMARTS) is 1. The Balaban J connectivity index is 0. The molecule has 0 spiro atoms. The van der Waals surface area contributed by atoms with Crippen molar-refractivity contribution in [1.82, 2.24) is 0 Å². The van der Waals surface area contributed by atoms with Crippen LogP contribution in [0.25, 0.3) is 0 Å². The lowest BCUT2D eigenvalue weighted by Gasteiger charge is -2.09. The summed E-state index contributed by atoms with van der Waals surface area (Å²) >= 11 is 0. The van der Waals surface area contributed by atoms with Crippen LogP contribution in [0.15, 0.2) is 12.1 Å². The molecular weight excluding hydrogens is 279 g/mol. The first kappa shape index (κ1) is 19.0. The van der Waals surface area contributed by atoms with E-state index in [1.807, 2.05) is 0 Å². The minimum Gasteiger partial charge on any atom is -0.478 e. The average molecular weight is 295 g/mol. The zero-order chi connectivity index (χ0) is 12.3. The Hall–Kier alpha value is -1.30. The lowest BCUT2D eigenvalue weighted by Crippen LogP contribution is -2.12. The van der Waals surface area contributed by atoms with Gasteiger partial charge in [0.25, 0.3) is 0 Å². The molecule has 0 fully saturated rings. The van der Waals surface area contributed by atoms with E-state index >= 15 is 0 Å². The van der Waals surface area contributed by atoms with Crippen LogP contribution >= 0.6 is 24.8 Å². The van der Waals surface area contributed by atoms with Gasteiger partial charge in [-0.3, -0.25) is 4.79 Å². The van der Waals surface area contributed by atoms with Crippen molar-refractivity contribution in [1.29, 1.82) is 0 Å². The molecule has 0 amide bonds. The third-order valence-electron chi connectivity index (χ3n) is 2.42. The van der Waals surface area contributed by atoms with Crippen LogP contribution in [0.1, 0.15) is 32.7 Å². The third-order valence-corrected chi connectivity index (χ3v) is 2.42. The molecule has 0 heterocycles. The first-order valence-electron chi connectivity index (χ1n) is 4.84. The maximum Gasteiger partial charge on any atom is 0.336 e. The van der Waals surface area contributed by atoms with Crippen molar-refractivity contribution in [3.63, 3.8) is 0 Å². The highest BCUT2D eigenvalue weighted by atomic mass is 35.5. The van der Waals surface area contributed by atoms with Gasteiger partial charge in [-0.05, 0) is 31.2 Å². The number of ketones is 1. The Labute approximate surface area is 117 Å². The Morgan fingerprint density at radius 2 is 1.72 bits per heavy atom. The van der Waals surface area contributed by atoms with E-state index in [4.69, 9.17) is 16.6 Å². The third kappa shape index (κ3) is 3.87. The van der Waals surface area contributed by atoms with E-state index in [1.165, 1.54) is 12.1 Å². The van der Waals surface area contributed by atoms with E-state index in [0.29, 0.717) is 11.1 Å². The van der Waals surface area contributed by atoms with Crippen LogP contribution in [-0.2, 0) is 0 Å². The van der Waals surface area contributed by atoms with Crippen LogP contribution in [0.5, 0.6) is 0 Å².